The highest BCUT2D eigenvalue weighted by Gasteiger charge is 2.65. The number of piperidine rings is 1. The van der Waals surface area contributed by atoms with Gasteiger partial charge in [0.25, 0.3) is 0 Å². The van der Waals surface area contributed by atoms with Gasteiger partial charge in [-0.3, -0.25) is 4.79 Å². The Hall–Kier alpha value is -1.01. The second kappa shape index (κ2) is 2.52. The van der Waals surface area contributed by atoms with Crippen LogP contribution in [0.25, 0.3) is 0 Å². The van der Waals surface area contributed by atoms with Crippen LogP contribution in [0.3, 0.4) is 0 Å². The zero-order chi connectivity index (χ0) is 10.6. The monoisotopic (exact) mass is 191 g/mol. The van der Waals surface area contributed by atoms with Gasteiger partial charge in [-0.15, -0.1) is 5.73 Å². The average molecular weight is 191 g/mol. The van der Waals surface area contributed by atoms with E-state index in [4.69, 9.17) is 0 Å². The topological polar surface area (TPSA) is 20.3 Å². The van der Waals surface area contributed by atoms with E-state index in [-0.39, 0.29) is 16.7 Å². The molecule has 0 aromatic rings. The molecule has 2 rings (SSSR count). The molecule has 0 aromatic carbocycles. The first-order chi connectivity index (χ1) is 6.45. The summed E-state index contributed by atoms with van der Waals surface area (Å²) >= 11 is 0. The van der Waals surface area contributed by atoms with Crippen LogP contribution in [0.1, 0.15) is 33.6 Å². The molecule has 1 amide bonds. The van der Waals surface area contributed by atoms with Crippen LogP contribution < -0.4 is 0 Å². The quantitative estimate of drug-likeness (QED) is 0.582. The molecule has 0 spiro atoms. The Bertz CT molecular complexity index is 338. The zero-order valence-electron chi connectivity index (χ0n) is 9.13. The smallest absolute Gasteiger partial charge is 0.233 e. The van der Waals surface area contributed by atoms with Gasteiger partial charge in [-0.1, -0.05) is 27.4 Å². The van der Waals surface area contributed by atoms with Crippen molar-refractivity contribution in [3.63, 3.8) is 0 Å². The first-order valence-corrected chi connectivity index (χ1v) is 5.14. The Morgan fingerprint density at radius 3 is 2.64 bits per heavy atom. The average Bonchev–Trinajstić information content (AvgIpc) is 2.41. The molecular weight excluding hydrogens is 174 g/mol. The SMILES string of the molecule is C=C=CN1C(=O)[C@@]2(C)CC[C@@H]1C2(C)C. The highest BCUT2D eigenvalue weighted by molar-refractivity contribution is 5.88. The van der Waals surface area contributed by atoms with Gasteiger partial charge in [0.1, 0.15) is 0 Å². The third-order valence-corrected chi connectivity index (χ3v) is 4.45. The summed E-state index contributed by atoms with van der Waals surface area (Å²) in [6.07, 6.45) is 3.83. The molecule has 2 atom stereocenters. The predicted octanol–water partition coefficient (Wildman–Crippen LogP) is 2.32. The van der Waals surface area contributed by atoms with Crippen molar-refractivity contribution in [2.75, 3.05) is 0 Å². The summed E-state index contributed by atoms with van der Waals surface area (Å²) in [7, 11) is 0. The van der Waals surface area contributed by atoms with Gasteiger partial charge >= 0.3 is 0 Å². The summed E-state index contributed by atoms with van der Waals surface area (Å²) in [6.45, 7) is 10.0. The number of amides is 1. The lowest BCUT2D eigenvalue weighted by Gasteiger charge is -2.30. The highest BCUT2D eigenvalue weighted by Crippen LogP contribution is 2.60. The second-order valence-corrected chi connectivity index (χ2v) is 5.15. The number of carbonyl (C=O) groups is 1. The van der Waals surface area contributed by atoms with Crippen molar-refractivity contribution in [3.8, 4) is 0 Å². The molecule has 2 aliphatic rings. The molecule has 0 N–H and O–H groups in total. The van der Waals surface area contributed by atoms with E-state index < -0.39 is 0 Å². The normalized spacial score (nSPS) is 38.6. The van der Waals surface area contributed by atoms with E-state index >= 15 is 0 Å². The van der Waals surface area contributed by atoms with Crippen LogP contribution >= 0.6 is 0 Å². The molecule has 1 saturated heterocycles. The third kappa shape index (κ3) is 0.802. The van der Waals surface area contributed by atoms with Crippen molar-refractivity contribution >= 4 is 5.91 Å². The van der Waals surface area contributed by atoms with Crippen LogP contribution in [0.15, 0.2) is 18.5 Å². The summed E-state index contributed by atoms with van der Waals surface area (Å²) in [5, 5.41) is 0. The lowest BCUT2D eigenvalue weighted by molar-refractivity contribution is -0.137. The molecule has 0 aromatic heterocycles. The van der Waals surface area contributed by atoms with Crippen molar-refractivity contribution in [1.29, 1.82) is 0 Å². The largest absolute Gasteiger partial charge is 0.308 e. The van der Waals surface area contributed by atoms with Gasteiger partial charge in [-0.2, -0.15) is 0 Å². The lowest BCUT2D eigenvalue weighted by atomic mass is 9.70. The van der Waals surface area contributed by atoms with Gasteiger partial charge in [-0.05, 0) is 18.3 Å². The van der Waals surface area contributed by atoms with Crippen molar-refractivity contribution in [2.45, 2.75) is 39.7 Å². The maximum Gasteiger partial charge on any atom is 0.233 e. The molecule has 2 nitrogen and oxygen atoms in total. The van der Waals surface area contributed by atoms with Gasteiger partial charge < -0.3 is 4.90 Å². The molecule has 0 unspecified atom stereocenters. The van der Waals surface area contributed by atoms with Crippen LogP contribution in [-0.4, -0.2) is 16.8 Å². The van der Waals surface area contributed by atoms with Crippen LogP contribution in [0.2, 0.25) is 0 Å². The first-order valence-electron chi connectivity index (χ1n) is 5.14. The molecule has 0 radical (unpaired) electrons. The Morgan fingerprint density at radius 2 is 2.21 bits per heavy atom. The summed E-state index contributed by atoms with van der Waals surface area (Å²) in [6, 6.07) is 0.342. The van der Waals surface area contributed by atoms with Gasteiger partial charge in [0, 0.05) is 12.2 Å². The van der Waals surface area contributed by atoms with Crippen LogP contribution in [0, 0.1) is 10.8 Å². The summed E-state index contributed by atoms with van der Waals surface area (Å²) in [5.74, 6) is 0.245. The lowest BCUT2D eigenvalue weighted by Crippen LogP contribution is -2.36. The van der Waals surface area contributed by atoms with Crippen molar-refractivity contribution in [1.82, 2.24) is 4.90 Å². The number of fused-ring (bicyclic) bond motifs is 2. The second-order valence-electron chi connectivity index (χ2n) is 5.15. The maximum atomic E-state index is 12.1. The number of carbonyl (C=O) groups excluding carboxylic acids is 1. The van der Waals surface area contributed by atoms with E-state index in [1.54, 1.807) is 6.20 Å². The molecule has 2 fully saturated rings. The van der Waals surface area contributed by atoms with Gasteiger partial charge in [0.05, 0.1) is 5.41 Å². The molecule has 1 aliphatic heterocycles. The van der Waals surface area contributed by atoms with E-state index in [2.05, 4.69) is 33.1 Å². The Kier molecular flexibility index (Phi) is 1.71. The number of likely N-dealkylation sites (tertiary alicyclic amines) is 1. The van der Waals surface area contributed by atoms with Crippen molar-refractivity contribution in [3.05, 3.63) is 18.5 Å². The number of rotatable bonds is 1. The molecule has 76 valence electrons. The van der Waals surface area contributed by atoms with E-state index in [9.17, 15) is 4.79 Å². The summed E-state index contributed by atoms with van der Waals surface area (Å²) in [5.41, 5.74) is 2.62. The Balaban J connectivity index is 2.49. The van der Waals surface area contributed by atoms with Crippen LogP contribution in [0.5, 0.6) is 0 Å². The standard InChI is InChI=1S/C12H17NO/c1-5-8-13-9-6-7-12(4,10(13)14)11(9,2)3/h8-9H,1,6-7H2,2-4H3/t9-,12-/m1/s1. The third-order valence-electron chi connectivity index (χ3n) is 4.45. The fourth-order valence-corrected chi connectivity index (χ4v) is 3.02. The van der Waals surface area contributed by atoms with E-state index in [0.29, 0.717) is 6.04 Å². The van der Waals surface area contributed by atoms with E-state index in [1.807, 2.05) is 4.90 Å². The van der Waals surface area contributed by atoms with Gasteiger partial charge in [-0.25, -0.2) is 0 Å². The fourth-order valence-electron chi connectivity index (χ4n) is 3.02. The van der Waals surface area contributed by atoms with Gasteiger partial charge in [0.15, 0.2) is 0 Å². The number of hydrogen-bond acceptors (Lipinski definition) is 1. The fraction of sp³-hybridized carbons (Fsp3) is 0.667. The Morgan fingerprint density at radius 1 is 1.57 bits per heavy atom. The number of hydrogen-bond donors (Lipinski definition) is 0. The van der Waals surface area contributed by atoms with Gasteiger partial charge in [0.2, 0.25) is 5.91 Å². The van der Waals surface area contributed by atoms with Crippen LogP contribution in [0.4, 0.5) is 0 Å². The van der Waals surface area contributed by atoms with E-state index in [0.717, 1.165) is 12.8 Å². The predicted molar refractivity (Wildman–Crippen MR) is 55.5 cm³/mol. The summed E-state index contributed by atoms with van der Waals surface area (Å²) in [4.78, 5) is 14.0. The van der Waals surface area contributed by atoms with Crippen molar-refractivity contribution in [2.24, 2.45) is 10.8 Å². The van der Waals surface area contributed by atoms with Crippen molar-refractivity contribution < 1.29 is 4.79 Å². The highest BCUT2D eigenvalue weighted by atomic mass is 16.2. The minimum atomic E-state index is -0.176. The molecule has 1 heterocycles. The maximum absolute atomic E-state index is 12.1. The first kappa shape index (κ1) is 9.54. The van der Waals surface area contributed by atoms with Crippen LogP contribution in [-0.2, 0) is 4.79 Å². The minimum Gasteiger partial charge on any atom is -0.308 e. The molecule has 2 heteroatoms. The molecule has 2 bridgehead atoms. The van der Waals surface area contributed by atoms with E-state index in [1.165, 1.54) is 0 Å². The minimum absolute atomic E-state index is 0.0808. The number of nitrogens with zero attached hydrogens (tertiary/aromatic N) is 1. The Labute approximate surface area is 85.3 Å². The summed E-state index contributed by atoms with van der Waals surface area (Å²) < 4.78 is 0. The molecule has 1 saturated carbocycles. The molecule has 1 aliphatic carbocycles. The zero-order valence-corrected chi connectivity index (χ0v) is 9.13. The molecular formula is C12H17NO. The molecule has 14 heavy (non-hydrogen) atoms.